The molecule has 2 fully saturated rings. The number of fused-ring (bicyclic) bond motifs is 1. The Morgan fingerprint density at radius 2 is 1.65 bits per heavy atom. The number of likely N-dealkylation sites (tertiary alicyclic amines) is 2. The van der Waals surface area contributed by atoms with Crippen LogP contribution in [0.5, 0.6) is 11.6 Å². The molecule has 6 aromatic rings. The van der Waals surface area contributed by atoms with Gasteiger partial charge in [0.05, 0.1) is 52.1 Å². The van der Waals surface area contributed by atoms with E-state index in [0.717, 1.165) is 79.0 Å². The Kier molecular flexibility index (Phi) is 16.6. The van der Waals surface area contributed by atoms with Gasteiger partial charge in [0.1, 0.15) is 17.7 Å². The van der Waals surface area contributed by atoms with Crippen molar-refractivity contribution >= 4 is 40.0 Å². The van der Waals surface area contributed by atoms with Gasteiger partial charge >= 0.3 is 0 Å². The molecular formula is C52H68N10O6S. The van der Waals surface area contributed by atoms with E-state index < -0.39 is 18.1 Å². The summed E-state index contributed by atoms with van der Waals surface area (Å²) in [5.41, 5.74) is 13.8. The van der Waals surface area contributed by atoms with Crippen molar-refractivity contribution in [1.82, 2.24) is 45.2 Å². The molecule has 8 rings (SSSR count). The summed E-state index contributed by atoms with van der Waals surface area (Å²) < 4.78 is 13.7. The zero-order valence-corrected chi connectivity index (χ0v) is 41.2. The van der Waals surface area contributed by atoms with E-state index in [4.69, 9.17) is 15.0 Å². The maximum atomic E-state index is 14.1. The molecule has 0 saturated carbocycles. The third-order valence-corrected chi connectivity index (χ3v) is 14.8. The van der Waals surface area contributed by atoms with Crippen LogP contribution in [0.3, 0.4) is 0 Å². The zero-order valence-electron chi connectivity index (χ0n) is 40.4. The van der Waals surface area contributed by atoms with Crippen molar-refractivity contribution < 1.29 is 29.1 Å². The second kappa shape index (κ2) is 23.1. The molecular weight excluding hydrogens is 893 g/mol. The van der Waals surface area contributed by atoms with Gasteiger partial charge in [-0.2, -0.15) is 5.10 Å². The molecule has 2 unspecified atom stereocenters. The number of aliphatic hydroxyl groups excluding tert-OH is 1. The molecule has 69 heavy (non-hydrogen) atoms. The third kappa shape index (κ3) is 12.1. The Balaban J connectivity index is 0.691. The van der Waals surface area contributed by atoms with Crippen LogP contribution < -0.4 is 15.8 Å². The monoisotopic (exact) mass is 961 g/mol. The van der Waals surface area contributed by atoms with Gasteiger partial charge in [-0.3, -0.25) is 14.3 Å². The van der Waals surface area contributed by atoms with Crippen molar-refractivity contribution in [2.45, 2.75) is 135 Å². The van der Waals surface area contributed by atoms with Crippen molar-refractivity contribution in [3.63, 3.8) is 0 Å². The highest BCUT2D eigenvalue weighted by atomic mass is 32.1. The normalized spacial score (nSPS) is 17.7. The highest BCUT2D eigenvalue weighted by molar-refractivity contribution is 7.13. The highest BCUT2D eigenvalue weighted by Crippen LogP contribution is 2.35. The topological polar surface area (TPSA) is 211 Å². The van der Waals surface area contributed by atoms with E-state index in [0.29, 0.717) is 40.8 Å². The number of carbonyl (C=O) groups is 2. The van der Waals surface area contributed by atoms with Gasteiger partial charge in [0.25, 0.3) is 5.88 Å². The smallest absolute Gasteiger partial charge is 0.254 e. The van der Waals surface area contributed by atoms with Crippen LogP contribution in [0, 0.1) is 12.8 Å². The largest absolute Gasteiger partial charge is 0.507 e. The summed E-state index contributed by atoms with van der Waals surface area (Å²) in [5.74, 6) is -0.119. The first-order valence-corrected chi connectivity index (χ1v) is 25.7. The number of thiazole rings is 1. The van der Waals surface area contributed by atoms with Crippen LogP contribution >= 0.6 is 11.3 Å². The summed E-state index contributed by atoms with van der Waals surface area (Å²) in [5, 5.41) is 41.6. The number of hydrogen-bond acceptors (Lipinski definition) is 14. The molecule has 368 valence electrons. The summed E-state index contributed by atoms with van der Waals surface area (Å²) in [6, 6.07) is 18.0. The number of amides is 2. The van der Waals surface area contributed by atoms with E-state index in [2.05, 4.69) is 35.7 Å². The van der Waals surface area contributed by atoms with Gasteiger partial charge in [-0.25, -0.2) is 4.98 Å². The minimum Gasteiger partial charge on any atom is -0.507 e. The van der Waals surface area contributed by atoms with Gasteiger partial charge in [0, 0.05) is 37.7 Å². The molecule has 0 aliphatic carbocycles. The number of ether oxygens (including phenoxy) is 1. The Labute approximate surface area is 408 Å². The average Bonchev–Trinajstić information content (AvgIpc) is 4.16. The predicted octanol–water partition coefficient (Wildman–Crippen LogP) is 9.01. The minimum absolute atomic E-state index is 0.0712. The fourth-order valence-corrected chi connectivity index (χ4v) is 10.7. The molecule has 17 heteroatoms. The zero-order chi connectivity index (χ0) is 48.4. The number of phenols is 1. The maximum absolute atomic E-state index is 14.1. The number of aliphatic hydroxyl groups is 1. The van der Waals surface area contributed by atoms with Gasteiger partial charge in [-0.1, -0.05) is 95.2 Å². The molecule has 0 spiro atoms. The molecule has 0 bridgehead atoms. The Morgan fingerprint density at radius 3 is 2.35 bits per heavy atom. The van der Waals surface area contributed by atoms with Gasteiger partial charge in [0.2, 0.25) is 11.8 Å². The number of nitrogens with two attached hydrogens (primary N) is 1. The molecule has 5 N–H and O–H groups in total. The van der Waals surface area contributed by atoms with Crippen LogP contribution in [0.4, 0.5) is 5.82 Å². The van der Waals surface area contributed by atoms with Gasteiger partial charge in [-0.15, -0.1) is 21.5 Å². The molecule has 16 nitrogen and oxygen atoms in total. The van der Waals surface area contributed by atoms with Crippen molar-refractivity contribution in [2.24, 2.45) is 5.92 Å². The van der Waals surface area contributed by atoms with Crippen LogP contribution in [0.2, 0.25) is 0 Å². The number of phenolic OH excluding ortho intramolecular Hbond substituents is 1. The SMILES string of the molecule is Cc1ncsc1-c1ccc(C(C)NC(=O)[C@@H]2C[C@@H](O)CN2C(=O)C(c2cc(OCCCCCCCCCCCN3CCC(n4nc(N)c5nnc(-c6ccccc6O)cc54)CC3)no2)C(C)C)cc1. The lowest BCUT2D eigenvalue weighted by atomic mass is 9.91. The lowest BCUT2D eigenvalue weighted by Crippen LogP contribution is -2.48. The van der Waals surface area contributed by atoms with Crippen molar-refractivity contribution in [2.75, 3.05) is 38.5 Å². The Bertz CT molecular complexity index is 2620. The first kappa shape index (κ1) is 49.5. The number of rotatable bonds is 22. The fourth-order valence-electron chi connectivity index (χ4n) is 9.90. The third-order valence-electron chi connectivity index (χ3n) is 13.8. The number of hydrogen-bond donors (Lipinski definition) is 4. The van der Waals surface area contributed by atoms with Gasteiger partial charge < -0.3 is 40.3 Å². The molecule has 0 radical (unpaired) electrons. The van der Waals surface area contributed by atoms with E-state index in [1.165, 1.54) is 43.4 Å². The number of nitrogens with one attached hydrogen (secondary N) is 1. The first-order valence-electron chi connectivity index (χ1n) is 24.9. The minimum atomic E-state index is -0.807. The molecule has 2 saturated heterocycles. The van der Waals surface area contributed by atoms with E-state index >= 15 is 0 Å². The number of nitrogen functional groups attached to an aromatic ring is 1. The van der Waals surface area contributed by atoms with Crippen molar-refractivity contribution in [3.8, 4) is 33.3 Å². The van der Waals surface area contributed by atoms with Crippen LogP contribution in [-0.4, -0.2) is 107 Å². The number of nitrogens with zero attached hydrogens (tertiary/aromatic N) is 8. The molecule has 2 amide bonds. The van der Waals surface area contributed by atoms with E-state index in [1.54, 1.807) is 29.5 Å². The summed E-state index contributed by atoms with van der Waals surface area (Å²) in [6.07, 6.45) is 11.9. The molecule has 2 aliphatic rings. The second-order valence-electron chi connectivity index (χ2n) is 19.2. The van der Waals surface area contributed by atoms with E-state index in [9.17, 15) is 19.8 Å². The molecule has 4 aromatic heterocycles. The number of piperidine rings is 1. The number of aromatic nitrogens is 6. The highest BCUT2D eigenvalue weighted by Gasteiger charge is 2.43. The summed E-state index contributed by atoms with van der Waals surface area (Å²) in [7, 11) is 0. The molecule has 4 atom stereocenters. The lowest BCUT2D eigenvalue weighted by Gasteiger charge is -2.32. The summed E-state index contributed by atoms with van der Waals surface area (Å²) >= 11 is 1.60. The lowest BCUT2D eigenvalue weighted by molar-refractivity contribution is -0.141. The second-order valence-corrected chi connectivity index (χ2v) is 20.1. The molecule has 2 aliphatic heterocycles. The van der Waals surface area contributed by atoms with Gasteiger partial charge in [-0.05, 0) is 86.5 Å². The maximum Gasteiger partial charge on any atom is 0.254 e. The fraction of sp³-hybridized carbons (Fsp3) is 0.519. The number of unbranched alkanes of at least 4 members (excludes halogenated alkanes) is 8. The molecule has 6 heterocycles. The first-order chi connectivity index (χ1) is 33.4. The number of para-hydroxylation sites is 1. The van der Waals surface area contributed by atoms with E-state index in [-0.39, 0.29) is 48.5 Å². The number of aromatic hydroxyl groups is 1. The van der Waals surface area contributed by atoms with Crippen molar-refractivity contribution in [1.29, 1.82) is 0 Å². The van der Waals surface area contributed by atoms with Crippen LogP contribution in [0.25, 0.3) is 32.7 Å². The standard InChI is InChI=1S/C52H68N10O6S/c1-33(2)47(52(66)61-31-39(63)28-43(61)51(65)55-34(3)36-18-20-37(21-19-36)49-35(4)54-32-69-49)45-30-46(59-68-45)67-27-15-11-9-7-5-6-8-10-14-24-60-25-22-38(23-26-60)62-42-29-41(40-16-12-13-17-44(40)64)56-57-48(42)50(53)58-62/h12-13,16-21,29-30,32-34,38-39,43,47,63-64H,5-11,14-15,22-28,31H2,1-4H3,(H2,53,58)(H,55,65)/t34?,39-,43+,47?/m1/s1. The summed E-state index contributed by atoms with van der Waals surface area (Å²) in [4.78, 5) is 37.3. The van der Waals surface area contributed by atoms with Crippen molar-refractivity contribution in [3.05, 3.63) is 83.2 Å². The number of anilines is 1. The predicted molar refractivity (Wildman–Crippen MR) is 268 cm³/mol. The van der Waals surface area contributed by atoms with Crippen LogP contribution in [-0.2, 0) is 9.59 Å². The number of aryl methyl sites for hydroxylation is 1. The van der Waals surface area contributed by atoms with Crippen LogP contribution in [0.15, 0.2) is 70.7 Å². The van der Waals surface area contributed by atoms with Gasteiger partial charge in [0.15, 0.2) is 17.1 Å². The number of benzene rings is 2. The Hall–Kier alpha value is -5.91. The van der Waals surface area contributed by atoms with Crippen LogP contribution in [0.1, 0.15) is 133 Å². The average molecular weight is 961 g/mol. The number of carbonyl (C=O) groups excluding carboxylic acids is 2. The quantitative estimate of drug-likeness (QED) is 0.0469. The number of β-amino-alcohol motifs (C(OH)–C–C–N with tert-alkyl or cyclic N) is 1. The molecule has 2 aromatic carbocycles. The summed E-state index contributed by atoms with van der Waals surface area (Å²) in [6.45, 7) is 11.5. The van der Waals surface area contributed by atoms with E-state index in [1.807, 2.05) is 80.4 Å². The Morgan fingerprint density at radius 1 is 0.942 bits per heavy atom.